The Morgan fingerprint density at radius 1 is 1.03 bits per heavy atom. The molecular formula is C29H25BrF3NO4. The smallest absolute Gasteiger partial charge is 0.416 e. The van der Waals surface area contributed by atoms with Gasteiger partial charge in [0, 0.05) is 15.6 Å². The number of hydrogen-bond acceptors (Lipinski definition) is 4. The van der Waals surface area contributed by atoms with Gasteiger partial charge in [0.25, 0.3) is 5.91 Å². The highest BCUT2D eigenvalue weighted by atomic mass is 79.9. The van der Waals surface area contributed by atoms with Crippen molar-refractivity contribution in [1.82, 2.24) is 4.90 Å². The van der Waals surface area contributed by atoms with Gasteiger partial charge in [-0.05, 0) is 43.7 Å². The first-order chi connectivity index (χ1) is 18.0. The van der Waals surface area contributed by atoms with Gasteiger partial charge < -0.3 is 14.4 Å². The number of hydrogen-bond donors (Lipinski definition) is 0. The summed E-state index contributed by atoms with van der Waals surface area (Å²) in [4.78, 5) is 29.1. The van der Waals surface area contributed by atoms with Gasteiger partial charge in [0.1, 0.15) is 5.75 Å². The summed E-state index contributed by atoms with van der Waals surface area (Å²) in [5.41, 5.74) is 0.693. The molecule has 3 aromatic rings. The first-order valence-corrected chi connectivity index (χ1v) is 12.6. The molecule has 0 radical (unpaired) electrons. The van der Waals surface area contributed by atoms with E-state index in [1.165, 1.54) is 18.1 Å². The maximum Gasteiger partial charge on any atom is 0.416 e. The highest BCUT2D eigenvalue weighted by Crippen LogP contribution is 2.43. The summed E-state index contributed by atoms with van der Waals surface area (Å²) >= 11 is 3.41. The lowest BCUT2D eigenvalue weighted by atomic mass is 9.92. The highest BCUT2D eigenvalue weighted by Gasteiger charge is 2.45. The molecule has 0 saturated heterocycles. The van der Waals surface area contributed by atoms with E-state index in [4.69, 9.17) is 9.47 Å². The third kappa shape index (κ3) is 5.62. The standard InChI is InChI=1S/C29H25BrF3NO4/c1-17(2)38-27-24(26(35)19-7-5-4-6-8-19)25(18-10-13-22(30)14-11-18)34(28(27)36)16-20-9-12-21(29(31,32)33)15-23(20)37-3/h4-15,17,25H,16H2,1-3H3. The lowest BCUT2D eigenvalue weighted by Crippen LogP contribution is -2.31. The Morgan fingerprint density at radius 3 is 2.26 bits per heavy atom. The summed E-state index contributed by atoms with van der Waals surface area (Å²) in [5, 5.41) is 0. The van der Waals surface area contributed by atoms with Gasteiger partial charge in [-0.3, -0.25) is 9.59 Å². The van der Waals surface area contributed by atoms with E-state index < -0.39 is 29.8 Å². The molecular weight excluding hydrogens is 563 g/mol. The Morgan fingerprint density at radius 2 is 1.68 bits per heavy atom. The first-order valence-electron chi connectivity index (χ1n) is 11.8. The molecule has 0 saturated carbocycles. The molecule has 198 valence electrons. The van der Waals surface area contributed by atoms with Gasteiger partial charge in [-0.1, -0.05) is 64.5 Å². The van der Waals surface area contributed by atoms with Gasteiger partial charge in [0.05, 0.1) is 36.9 Å². The number of carbonyl (C=O) groups is 2. The van der Waals surface area contributed by atoms with E-state index in [0.717, 1.165) is 16.6 Å². The van der Waals surface area contributed by atoms with E-state index >= 15 is 0 Å². The van der Waals surface area contributed by atoms with Crippen molar-refractivity contribution in [3.05, 3.63) is 111 Å². The van der Waals surface area contributed by atoms with Crippen molar-refractivity contribution in [1.29, 1.82) is 0 Å². The number of rotatable bonds is 8. The largest absolute Gasteiger partial charge is 0.496 e. The van der Waals surface area contributed by atoms with Crippen LogP contribution in [0.3, 0.4) is 0 Å². The minimum absolute atomic E-state index is 0.0173. The number of methoxy groups -OCH3 is 1. The zero-order valence-corrected chi connectivity index (χ0v) is 22.5. The molecule has 0 aromatic heterocycles. The summed E-state index contributed by atoms with van der Waals surface area (Å²) in [7, 11) is 1.27. The summed E-state index contributed by atoms with van der Waals surface area (Å²) in [6, 6.07) is 18.0. The molecule has 1 aliphatic heterocycles. The van der Waals surface area contributed by atoms with Crippen molar-refractivity contribution < 1.29 is 32.2 Å². The number of amides is 1. The number of carbonyl (C=O) groups excluding carboxylic acids is 2. The predicted molar refractivity (Wildman–Crippen MR) is 139 cm³/mol. The Hall–Kier alpha value is -3.59. The minimum Gasteiger partial charge on any atom is -0.496 e. The number of Topliss-reactive ketones (excluding diaryl/α,β-unsaturated/α-hetero) is 1. The number of ketones is 1. The molecule has 0 aliphatic carbocycles. The maximum absolute atomic E-state index is 13.8. The minimum atomic E-state index is -4.55. The van der Waals surface area contributed by atoms with Crippen molar-refractivity contribution in [2.45, 2.75) is 38.7 Å². The zero-order valence-electron chi connectivity index (χ0n) is 20.9. The quantitative estimate of drug-likeness (QED) is 0.263. The van der Waals surface area contributed by atoms with Crippen molar-refractivity contribution in [3.63, 3.8) is 0 Å². The maximum atomic E-state index is 13.8. The van der Waals surface area contributed by atoms with Crippen LogP contribution in [0.2, 0.25) is 0 Å². The third-order valence-corrected chi connectivity index (χ3v) is 6.59. The van der Waals surface area contributed by atoms with Gasteiger partial charge >= 0.3 is 6.18 Å². The van der Waals surface area contributed by atoms with E-state index in [9.17, 15) is 22.8 Å². The average Bonchev–Trinajstić information content (AvgIpc) is 3.14. The van der Waals surface area contributed by atoms with E-state index in [1.807, 2.05) is 0 Å². The molecule has 1 aliphatic rings. The summed E-state index contributed by atoms with van der Waals surface area (Å²) in [5.74, 6) is -0.999. The Labute approximate surface area is 227 Å². The third-order valence-electron chi connectivity index (χ3n) is 6.06. The average molecular weight is 588 g/mol. The molecule has 1 atom stereocenters. The van der Waals surface area contributed by atoms with Crippen molar-refractivity contribution in [2.24, 2.45) is 0 Å². The van der Waals surface area contributed by atoms with E-state index in [2.05, 4.69) is 15.9 Å². The SMILES string of the molecule is COc1cc(C(F)(F)F)ccc1CN1C(=O)C(OC(C)C)=C(C(=O)c2ccccc2)C1c1ccc(Br)cc1. The Bertz CT molecular complexity index is 1370. The molecule has 38 heavy (non-hydrogen) atoms. The van der Waals surface area contributed by atoms with E-state index in [0.29, 0.717) is 16.7 Å². The van der Waals surface area contributed by atoms with Gasteiger partial charge in [-0.2, -0.15) is 13.2 Å². The Balaban J connectivity index is 1.86. The van der Waals surface area contributed by atoms with Crippen LogP contribution in [0.15, 0.2) is 88.6 Å². The number of halogens is 4. The fraction of sp³-hybridized carbons (Fsp3) is 0.241. The van der Waals surface area contributed by atoms with Crippen LogP contribution in [0.5, 0.6) is 5.75 Å². The monoisotopic (exact) mass is 587 g/mol. The normalized spacial score (nSPS) is 15.8. The number of benzene rings is 3. The van der Waals surface area contributed by atoms with Crippen molar-refractivity contribution in [2.75, 3.05) is 7.11 Å². The zero-order chi connectivity index (χ0) is 27.6. The molecule has 9 heteroatoms. The summed E-state index contributed by atoms with van der Waals surface area (Å²) < 4.78 is 51.9. The predicted octanol–water partition coefficient (Wildman–Crippen LogP) is 7.12. The van der Waals surface area contributed by atoms with Crippen LogP contribution < -0.4 is 4.74 Å². The molecule has 5 nitrogen and oxygen atoms in total. The molecule has 0 fully saturated rings. The second-order valence-electron chi connectivity index (χ2n) is 9.02. The van der Waals surface area contributed by atoms with Crippen LogP contribution in [0, 0.1) is 0 Å². The molecule has 1 heterocycles. The van der Waals surface area contributed by atoms with Crippen LogP contribution in [0.1, 0.15) is 46.9 Å². The van der Waals surface area contributed by atoms with Gasteiger partial charge in [-0.15, -0.1) is 0 Å². The van der Waals surface area contributed by atoms with Crippen LogP contribution in [-0.4, -0.2) is 29.8 Å². The van der Waals surface area contributed by atoms with Crippen LogP contribution in [0.25, 0.3) is 0 Å². The number of nitrogens with zero attached hydrogens (tertiary/aromatic N) is 1. The van der Waals surface area contributed by atoms with Gasteiger partial charge in [-0.25, -0.2) is 0 Å². The summed E-state index contributed by atoms with van der Waals surface area (Å²) in [6.07, 6.45) is -4.96. The fourth-order valence-corrected chi connectivity index (χ4v) is 4.62. The van der Waals surface area contributed by atoms with Crippen LogP contribution in [0.4, 0.5) is 13.2 Å². The van der Waals surface area contributed by atoms with Gasteiger partial charge in [0.2, 0.25) is 0 Å². The van der Waals surface area contributed by atoms with E-state index in [1.54, 1.807) is 68.4 Å². The van der Waals surface area contributed by atoms with Crippen LogP contribution in [-0.2, 0) is 22.3 Å². The van der Waals surface area contributed by atoms with Crippen molar-refractivity contribution in [3.8, 4) is 5.75 Å². The molecule has 4 rings (SSSR count). The Kier molecular flexibility index (Phi) is 7.97. The number of alkyl halides is 3. The van der Waals surface area contributed by atoms with Gasteiger partial charge in [0.15, 0.2) is 11.5 Å². The topological polar surface area (TPSA) is 55.8 Å². The highest BCUT2D eigenvalue weighted by molar-refractivity contribution is 9.10. The lowest BCUT2D eigenvalue weighted by Gasteiger charge is -2.28. The fourth-order valence-electron chi connectivity index (χ4n) is 4.35. The molecule has 1 unspecified atom stereocenters. The van der Waals surface area contributed by atoms with Crippen molar-refractivity contribution >= 4 is 27.6 Å². The molecule has 0 spiro atoms. The second kappa shape index (κ2) is 11.0. The van der Waals surface area contributed by atoms with E-state index in [-0.39, 0.29) is 29.4 Å². The lowest BCUT2D eigenvalue weighted by molar-refractivity contribution is -0.137. The molecule has 1 amide bonds. The summed E-state index contributed by atoms with van der Waals surface area (Å²) in [6.45, 7) is 3.39. The first kappa shape index (κ1) is 27.4. The van der Waals surface area contributed by atoms with Crippen LogP contribution >= 0.6 is 15.9 Å². The molecule has 3 aromatic carbocycles. The molecule has 0 bridgehead atoms. The molecule has 0 N–H and O–H groups in total. The second-order valence-corrected chi connectivity index (χ2v) is 9.93. The number of ether oxygens (including phenoxy) is 2.